The Labute approximate surface area is 444 Å². The Morgan fingerprint density at radius 3 is 1.63 bits per heavy atom. The second kappa shape index (κ2) is 17.3. The van der Waals surface area contributed by atoms with Crippen molar-refractivity contribution in [2.45, 2.75) is 96.8 Å². The third-order valence-corrected chi connectivity index (χ3v) is 19.6. The molecule has 75 heavy (non-hydrogen) atoms. The average molecular weight is 970 g/mol. The molecule has 368 valence electrons. The first-order valence-electron chi connectivity index (χ1n) is 27.8. The number of aryl methyl sites for hydroxylation is 6. The molecule has 4 aliphatic carbocycles. The van der Waals surface area contributed by atoms with Gasteiger partial charge in [-0.2, -0.15) is 0 Å². The molecular weight excluding hydrogens is 903 g/mol. The normalized spacial score (nSPS) is 22.4. The lowest BCUT2D eigenvalue weighted by atomic mass is 9.55. The largest absolute Gasteiger partial charge is 0.309 e. The molecule has 1 spiro atoms. The number of hydrogen-bond acceptors (Lipinski definition) is 1. The number of fused-ring (bicyclic) bond motifs is 3. The maximum Gasteiger partial charge on any atom is 0.0540 e. The first kappa shape index (κ1) is 46.1. The minimum absolute atomic E-state index is 0.212. The molecule has 0 aromatic heterocycles. The van der Waals surface area contributed by atoms with Crippen LogP contribution in [0.1, 0.15) is 99.2 Å². The first-order chi connectivity index (χ1) is 36.5. The van der Waals surface area contributed by atoms with Crippen LogP contribution >= 0.6 is 0 Å². The molecule has 4 aliphatic rings. The van der Waals surface area contributed by atoms with Crippen LogP contribution in [0.15, 0.2) is 206 Å². The molecule has 14 rings (SSSR count). The molecule has 1 heteroatoms. The van der Waals surface area contributed by atoms with Crippen molar-refractivity contribution in [1.29, 1.82) is 0 Å². The van der Waals surface area contributed by atoms with Gasteiger partial charge in [-0.25, -0.2) is 0 Å². The van der Waals surface area contributed by atoms with Gasteiger partial charge in [0.05, 0.1) is 11.4 Å². The molecule has 10 aromatic carbocycles. The Balaban J connectivity index is 0.762. The van der Waals surface area contributed by atoms with Crippen molar-refractivity contribution in [1.82, 2.24) is 0 Å². The predicted octanol–water partition coefficient (Wildman–Crippen LogP) is 19.4. The Kier molecular flexibility index (Phi) is 10.6. The molecule has 5 unspecified atom stereocenters. The van der Waals surface area contributed by atoms with Crippen LogP contribution in [0.5, 0.6) is 0 Å². The third kappa shape index (κ3) is 7.32. The molecule has 0 saturated heterocycles. The van der Waals surface area contributed by atoms with Gasteiger partial charge in [-0.05, 0) is 216 Å². The fraction of sp³-hybridized carbons (Fsp3) is 0.243. The summed E-state index contributed by atoms with van der Waals surface area (Å²) in [6, 6.07) is 79.2. The van der Waals surface area contributed by atoms with E-state index in [1.54, 1.807) is 11.1 Å². The predicted molar refractivity (Wildman–Crippen MR) is 316 cm³/mol. The summed E-state index contributed by atoms with van der Waals surface area (Å²) in [6.45, 7) is 13.7. The van der Waals surface area contributed by atoms with E-state index in [2.05, 4.69) is 253 Å². The molecule has 0 N–H and O–H groups in total. The minimum Gasteiger partial charge on any atom is -0.309 e. The topological polar surface area (TPSA) is 3.24 Å². The van der Waals surface area contributed by atoms with Crippen LogP contribution in [0.25, 0.3) is 43.8 Å². The third-order valence-electron chi connectivity index (χ3n) is 19.6. The number of benzene rings is 10. The highest BCUT2D eigenvalue weighted by Gasteiger charge is 2.83. The summed E-state index contributed by atoms with van der Waals surface area (Å²) >= 11 is 0. The summed E-state index contributed by atoms with van der Waals surface area (Å²) in [5.41, 5.74) is 25.4. The smallest absolute Gasteiger partial charge is 0.0540 e. The summed E-state index contributed by atoms with van der Waals surface area (Å²) in [5.74, 6) is 1.94. The van der Waals surface area contributed by atoms with Gasteiger partial charge in [-0.3, -0.25) is 0 Å². The van der Waals surface area contributed by atoms with Crippen molar-refractivity contribution < 1.29 is 0 Å². The Bertz CT molecular complexity index is 3760. The number of anilines is 3. The highest BCUT2D eigenvalue weighted by Crippen LogP contribution is 2.89. The lowest BCUT2D eigenvalue weighted by Gasteiger charge is -2.49. The first-order valence-corrected chi connectivity index (χ1v) is 27.8. The van der Waals surface area contributed by atoms with Gasteiger partial charge in [0.15, 0.2) is 0 Å². The van der Waals surface area contributed by atoms with E-state index in [-0.39, 0.29) is 16.7 Å². The van der Waals surface area contributed by atoms with E-state index < -0.39 is 0 Å². The van der Waals surface area contributed by atoms with Crippen LogP contribution in [0, 0.1) is 58.8 Å². The zero-order valence-corrected chi connectivity index (χ0v) is 44.6. The second-order valence-electron chi connectivity index (χ2n) is 24.0. The lowest BCUT2D eigenvalue weighted by molar-refractivity contribution is 0.0415. The van der Waals surface area contributed by atoms with Crippen LogP contribution in [-0.4, -0.2) is 0 Å². The van der Waals surface area contributed by atoms with Crippen LogP contribution in [-0.2, 0) is 17.3 Å². The monoisotopic (exact) mass is 970 g/mol. The maximum absolute atomic E-state index is 2.53. The van der Waals surface area contributed by atoms with Gasteiger partial charge in [0.1, 0.15) is 0 Å². The Morgan fingerprint density at radius 1 is 0.453 bits per heavy atom. The number of nitrogens with zero attached hydrogens (tertiary/aromatic N) is 1. The molecule has 4 fully saturated rings. The molecule has 6 atom stereocenters. The molecule has 0 heterocycles. The molecule has 2 bridgehead atoms. The SMILES string of the molecule is Cc1cc(C)c(CC(c2cccc(-c3cccc(-c4ccc(C56CC57CC5C[C@](c8ccc(N(c9cccc%10ccccc9%10)c9cccc%10ccccc9%10)cc8)(CC57)C6)cc4)c3)c2)c2c(C)cc(C)cc2C)c(C)c1. The van der Waals surface area contributed by atoms with Crippen molar-refractivity contribution >= 4 is 38.6 Å². The van der Waals surface area contributed by atoms with Gasteiger partial charge in [0.25, 0.3) is 0 Å². The summed E-state index contributed by atoms with van der Waals surface area (Å²) in [5, 5.41) is 5.04. The fourth-order valence-electron chi connectivity index (χ4n) is 16.5. The van der Waals surface area contributed by atoms with E-state index in [4.69, 9.17) is 0 Å². The van der Waals surface area contributed by atoms with E-state index in [1.165, 1.54) is 143 Å². The molecular formula is C74H67N. The van der Waals surface area contributed by atoms with E-state index in [1.807, 2.05) is 0 Å². The zero-order valence-electron chi connectivity index (χ0n) is 44.6. The van der Waals surface area contributed by atoms with Gasteiger partial charge in [-0.1, -0.05) is 187 Å². The van der Waals surface area contributed by atoms with Crippen LogP contribution < -0.4 is 4.90 Å². The van der Waals surface area contributed by atoms with Crippen molar-refractivity contribution in [3.63, 3.8) is 0 Å². The molecule has 4 saturated carbocycles. The quantitative estimate of drug-likeness (QED) is 0.125. The van der Waals surface area contributed by atoms with Crippen molar-refractivity contribution in [2.24, 2.45) is 17.3 Å². The van der Waals surface area contributed by atoms with Crippen LogP contribution in [0.4, 0.5) is 17.1 Å². The Morgan fingerprint density at radius 2 is 0.987 bits per heavy atom. The average Bonchev–Trinajstić information content (AvgIpc) is 3.35. The maximum atomic E-state index is 2.53. The zero-order chi connectivity index (χ0) is 50.8. The van der Waals surface area contributed by atoms with Crippen LogP contribution in [0.2, 0.25) is 0 Å². The van der Waals surface area contributed by atoms with E-state index in [9.17, 15) is 0 Å². The van der Waals surface area contributed by atoms with Gasteiger partial charge in [0.2, 0.25) is 0 Å². The molecule has 1 nitrogen and oxygen atoms in total. The van der Waals surface area contributed by atoms with Crippen molar-refractivity contribution in [3.8, 4) is 22.3 Å². The van der Waals surface area contributed by atoms with E-state index in [0.29, 0.717) is 5.41 Å². The van der Waals surface area contributed by atoms with Gasteiger partial charge < -0.3 is 4.90 Å². The van der Waals surface area contributed by atoms with Crippen molar-refractivity contribution in [2.75, 3.05) is 4.90 Å². The molecule has 10 aromatic rings. The summed E-state index contributed by atoms with van der Waals surface area (Å²) in [6.07, 6.45) is 7.68. The Hall–Kier alpha value is -7.48. The standard InChI is InChI=1S/C74H67N/c1-47-35-49(3)66(50(4)36-47)41-67(71-51(5)37-48(2)38-52(71)6)59-22-12-21-58(40-59)57-20-11-19-56(39-57)53-27-29-62(30-28-53)74-45-72(42-60-43-73(74,46-74)68(60)44-72)61-31-33-63(34-32-61)75(69-25-13-17-54-15-7-9-23-64(54)69)70-26-14-18-55-16-8-10-24-65(55)70/h7-40,60,67-68H,41-46H2,1-6H3/t60?,67?,68?,72-,73?,74?/m0/s1. The molecule has 0 amide bonds. The van der Waals surface area contributed by atoms with Crippen LogP contribution in [0.3, 0.4) is 0 Å². The highest BCUT2D eigenvalue weighted by atomic mass is 15.1. The summed E-state index contributed by atoms with van der Waals surface area (Å²) in [7, 11) is 0. The molecule has 0 aliphatic heterocycles. The number of hydrogen-bond donors (Lipinski definition) is 0. The minimum atomic E-state index is 0.212. The summed E-state index contributed by atoms with van der Waals surface area (Å²) < 4.78 is 0. The summed E-state index contributed by atoms with van der Waals surface area (Å²) in [4.78, 5) is 2.51. The lowest BCUT2D eigenvalue weighted by Crippen LogP contribution is -2.43. The number of rotatable bonds is 11. The van der Waals surface area contributed by atoms with Gasteiger partial charge >= 0.3 is 0 Å². The van der Waals surface area contributed by atoms with E-state index in [0.717, 1.165) is 18.3 Å². The van der Waals surface area contributed by atoms with Gasteiger partial charge in [-0.15, -0.1) is 0 Å². The van der Waals surface area contributed by atoms with Crippen molar-refractivity contribution in [3.05, 3.63) is 267 Å². The molecule has 0 radical (unpaired) electrons. The highest BCUT2D eigenvalue weighted by molar-refractivity contribution is 6.04. The van der Waals surface area contributed by atoms with E-state index >= 15 is 0 Å². The van der Waals surface area contributed by atoms with Gasteiger partial charge in [0, 0.05) is 27.8 Å². The fourth-order valence-corrected chi connectivity index (χ4v) is 16.5. The second-order valence-corrected chi connectivity index (χ2v) is 24.0.